The highest BCUT2D eigenvalue weighted by Crippen LogP contribution is 2.29. The molecular weight excluding hydrogens is 322 g/mol. The number of anilines is 1. The van der Waals surface area contributed by atoms with Crippen LogP contribution in [-0.4, -0.2) is 37.6 Å². The minimum absolute atomic E-state index is 0.149. The highest BCUT2D eigenvalue weighted by molar-refractivity contribution is 6.06. The number of amides is 2. The number of nitrogens with zero attached hydrogens (tertiary/aromatic N) is 1. The molecule has 1 aromatic carbocycles. The Kier molecular flexibility index (Phi) is 6.11. The van der Waals surface area contributed by atoms with Crippen LogP contribution >= 0.6 is 0 Å². The van der Waals surface area contributed by atoms with Gasteiger partial charge in [0.15, 0.2) is 0 Å². The van der Waals surface area contributed by atoms with Gasteiger partial charge in [-0.2, -0.15) is 0 Å². The SMILES string of the molecule is C=CCNC(=O)c1cc(C(=O)Nc2ccc(OC)cc2OC)ccn1. The second-order valence-electron chi connectivity index (χ2n) is 4.95. The van der Waals surface area contributed by atoms with E-state index in [0.717, 1.165) is 0 Å². The van der Waals surface area contributed by atoms with Crippen LogP contribution in [0.3, 0.4) is 0 Å². The van der Waals surface area contributed by atoms with Gasteiger partial charge in [-0.15, -0.1) is 6.58 Å². The molecule has 0 aliphatic heterocycles. The van der Waals surface area contributed by atoms with Gasteiger partial charge in [0.1, 0.15) is 17.2 Å². The number of rotatable bonds is 7. The van der Waals surface area contributed by atoms with E-state index in [1.165, 1.54) is 25.4 Å². The van der Waals surface area contributed by atoms with E-state index in [4.69, 9.17) is 9.47 Å². The van der Waals surface area contributed by atoms with Crippen LogP contribution < -0.4 is 20.1 Å². The summed E-state index contributed by atoms with van der Waals surface area (Å²) in [6, 6.07) is 7.99. The van der Waals surface area contributed by atoms with Crippen molar-refractivity contribution in [3.8, 4) is 11.5 Å². The first kappa shape index (κ1) is 18.0. The number of hydrogen-bond donors (Lipinski definition) is 2. The zero-order valence-electron chi connectivity index (χ0n) is 14.0. The molecule has 0 fully saturated rings. The third-order valence-corrected chi connectivity index (χ3v) is 3.32. The Balaban J connectivity index is 2.18. The van der Waals surface area contributed by atoms with Crippen molar-refractivity contribution in [2.45, 2.75) is 0 Å². The fraction of sp³-hybridized carbons (Fsp3) is 0.167. The Hall–Kier alpha value is -3.35. The predicted octanol–water partition coefficient (Wildman–Crippen LogP) is 2.27. The number of methoxy groups -OCH3 is 2. The molecule has 0 atom stereocenters. The fourth-order valence-electron chi connectivity index (χ4n) is 2.05. The first-order valence-electron chi connectivity index (χ1n) is 7.47. The largest absolute Gasteiger partial charge is 0.497 e. The molecular formula is C18H19N3O4. The summed E-state index contributed by atoms with van der Waals surface area (Å²) in [5, 5.41) is 5.35. The van der Waals surface area contributed by atoms with E-state index >= 15 is 0 Å². The van der Waals surface area contributed by atoms with Crippen molar-refractivity contribution in [2.75, 3.05) is 26.1 Å². The van der Waals surface area contributed by atoms with Gasteiger partial charge < -0.3 is 20.1 Å². The van der Waals surface area contributed by atoms with Gasteiger partial charge in [-0.1, -0.05) is 6.08 Å². The summed E-state index contributed by atoms with van der Waals surface area (Å²) in [7, 11) is 3.04. The van der Waals surface area contributed by atoms with Gasteiger partial charge in [-0.3, -0.25) is 14.6 Å². The summed E-state index contributed by atoms with van der Waals surface area (Å²) in [6.07, 6.45) is 2.97. The maximum Gasteiger partial charge on any atom is 0.270 e. The van der Waals surface area contributed by atoms with Crippen molar-refractivity contribution in [3.05, 3.63) is 60.4 Å². The fourth-order valence-corrected chi connectivity index (χ4v) is 2.05. The lowest BCUT2D eigenvalue weighted by Gasteiger charge is -2.12. The van der Waals surface area contributed by atoms with E-state index in [1.54, 1.807) is 31.4 Å². The summed E-state index contributed by atoms with van der Waals surface area (Å²) in [6.45, 7) is 3.85. The summed E-state index contributed by atoms with van der Waals surface area (Å²) < 4.78 is 10.4. The van der Waals surface area contributed by atoms with Gasteiger partial charge in [-0.25, -0.2) is 0 Å². The Labute approximate surface area is 145 Å². The van der Waals surface area contributed by atoms with Crippen molar-refractivity contribution >= 4 is 17.5 Å². The normalized spacial score (nSPS) is 9.84. The smallest absolute Gasteiger partial charge is 0.270 e. The lowest BCUT2D eigenvalue weighted by Crippen LogP contribution is -2.24. The van der Waals surface area contributed by atoms with Crippen LogP contribution in [0.4, 0.5) is 5.69 Å². The van der Waals surface area contributed by atoms with Crippen molar-refractivity contribution in [1.82, 2.24) is 10.3 Å². The average Bonchev–Trinajstić information content (AvgIpc) is 2.66. The van der Waals surface area contributed by atoms with E-state index in [0.29, 0.717) is 29.3 Å². The first-order valence-corrected chi connectivity index (χ1v) is 7.47. The monoisotopic (exact) mass is 341 g/mol. The number of ether oxygens (including phenoxy) is 2. The summed E-state index contributed by atoms with van der Waals surface area (Å²) in [5.41, 5.74) is 0.940. The zero-order chi connectivity index (χ0) is 18.2. The maximum absolute atomic E-state index is 12.5. The molecule has 0 spiro atoms. The molecule has 25 heavy (non-hydrogen) atoms. The van der Waals surface area contributed by atoms with Crippen molar-refractivity contribution in [2.24, 2.45) is 0 Å². The van der Waals surface area contributed by atoms with Crippen molar-refractivity contribution in [1.29, 1.82) is 0 Å². The number of pyridine rings is 1. The minimum atomic E-state index is -0.386. The second-order valence-corrected chi connectivity index (χ2v) is 4.95. The zero-order valence-corrected chi connectivity index (χ0v) is 14.0. The molecule has 0 saturated heterocycles. The molecule has 0 unspecified atom stereocenters. The molecule has 7 nitrogen and oxygen atoms in total. The topological polar surface area (TPSA) is 89.6 Å². The lowest BCUT2D eigenvalue weighted by atomic mass is 10.2. The highest BCUT2D eigenvalue weighted by Gasteiger charge is 2.14. The molecule has 0 aliphatic carbocycles. The number of benzene rings is 1. The number of carbonyl (C=O) groups is 2. The quantitative estimate of drug-likeness (QED) is 0.754. The third-order valence-electron chi connectivity index (χ3n) is 3.32. The molecule has 1 heterocycles. The predicted molar refractivity (Wildman–Crippen MR) is 94.3 cm³/mol. The van der Waals surface area contributed by atoms with Crippen LogP contribution in [0, 0.1) is 0 Å². The Morgan fingerprint density at radius 3 is 2.64 bits per heavy atom. The van der Waals surface area contributed by atoms with E-state index in [1.807, 2.05) is 0 Å². The van der Waals surface area contributed by atoms with Gasteiger partial charge >= 0.3 is 0 Å². The van der Waals surface area contributed by atoms with Crippen LogP contribution in [0.15, 0.2) is 49.2 Å². The summed E-state index contributed by atoms with van der Waals surface area (Å²) in [4.78, 5) is 28.3. The molecule has 2 N–H and O–H groups in total. The van der Waals surface area contributed by atoms with Crippen molar-refractivity contribution < 1.29 is 19.1 Å². The Bertz CT molecular complexity index is 790. The minimum Gasteiger partial charge on any atom is -0.497 e. The van der Waals surface area contributed by atoms with E-state index in [-0.39, 0.29) is 17.5 Å². The number of aromatic nitrogens is 1. The van der Waals surface area contributed by atoms with Gasteiger partial charge in [-0.05, 0) is 24.3 Å². The lowest BCUT2D eigenvalue weighted by molar-refractivity contribution is 0.0953. The number of hydrogen-bond acceptors (Lipinski definition) is 5. The van der Waals surface area contributed by atoms with Gasteiger partial charge in [0.05, 0.1) is 19.9 Å². The van der Waals surface area contributed by atoms with Crippen molar-refractivity contribution in [3.63, 3.8) is 0 Å². The molecule has 0 saturated carbocycles. The van der Waals surface area contributed by atoms with Gasteiger partial charge in [0.25, 0.3) is 11.8 Å². The standard InChI is InChI=1S/C18H19N3O4/c1-4-8-20-18(23)15-10-12(7-9-19-15)17(22)21-14-6-5-13(24-2)11-16(14)25-3/h4-7,9-11H,1,8H2,2-3H3,(H,20,23)(H,21,22). The third kappa shape index (κ3) is 4.57. The van der Waals surface area contributed by atoms with E-state index in [9.17, 15) is 9.59 Å². The molecule has 0 radical (unpaired) electrons. The molecule has 130 valence electrons. The Morgan fingerprint density at radius 2 is 1.96 bits per heavy atom. The van der Waals surface area contributed by atoms with Crippen LogP contribution in [0.2, 0.25) is 0 Å². The van der Waals surface area contributed by atoms with Gasteiger partial charge in [0, 0.05) is 24.4 Å². The van der Waals surface area contributed by atoms with E-state index < -0.39 is 0 Å². The van der Waals surface area contributed by atoms with Crippen LogP contribution in [0.5, 0.6) is 11.5 Å². The first-order chi connectivity index (χ1) is 12.1. The number of nitrogens with one attached hydrogen (secondary N) is 2. The highest BCUT2D eigenvalue weighted by atomic mass is 16.5. The van der Waals surface area contributed by atoms with E-state index in [2.05, 4.69) is 22.2 Å². The summed E-state index contributed by atoms with van der Waals surface area (Å²) >= 11 is 0. The molecule has 0 bridgehead atoms. The second kappa shape index (κ2) is 8.49. The number of carbonyl (C=O) groups excluding carboxylic acids is 2. The van der Waals surface area contributed by atoms with Crippen LogP contribution in [0.1, 0.15) is 20.8 Å². The Morgan fingerprint density at radius 1 is 1.16 bits per heavy atom. The maximum atomic E-state index is 12.5. The van der Waals surface area contributed by atoms with Gasteiger partial charge in [0.2, 0.25) is 0 Å². The molecule has 2 rings (SSSR count). The van der Waals surface area contributed by atoms with Crippen LogP contribution in [-0.2, 0) is 0 Å². The summed E-state index contributed by atoms with van der Waals surface area (Å²) in [5.74, 6) is 0.311. The molecule has 0 aliphatic rings. The van der Waals surface area contributed by atoms with Crippen LogP contribution in [0.25, 0.3) is 0 Å². The molecule has 2 amide bonds. The molecule has 1 aromatic heterocycles. The average molecular weight is 341 g/mol. The molecule has 2 aromatic rings. The molecule has 7 heteroatoms.